The number of rotatable bonds is 4. The Kier molecular flexibility index (Phi) is 4.11. The van der Waals surface area contributed by atoms with Gasteiger partial charge in [0.2, 0.25) is 5.91 Å². The van der Waals surface area contributed by atoms with E-state index in [9.17, 15) is 4.79 Å². The van der Waals surface area contributed by atoms with Crippen molar-refractivity contribution in [3.05, 3.63) is 54.7 Å². The number of pyridine rings is 1. The number of hydrogen-bond acceptors (Lipinski definition) is 4. The van der Waals surface area contributed by atoms with Crippen LogP contribution >= 0.6 is 11.8 Å². The highest BCUT2D eigenvalue weighted by molar-refractivity contribution is 8.00. The van der Waals surface area contributed by atoms with E-state index in [4.69, 9.17) is 0 Å². The molecule has 112 valence electrons. The molecule has 0 unspecified atom stereocenters. The zero-order valence-corrected chi connectivity index (χ0v) is 13.2. The van der Waals surface area contributed by atoms with Gasteiger partial charge in [0, 0.05) is 18.9 Å². The monoisotopic (exact) mass is 312 g/mol. The van der Waals surface area contributed by atoms with Crippen LogP contribution in [0.25, 0.3) is 5.65 Å². The van der Waals surface area contributed by atoms with Crippen molar-refractivity contribution in [2.75, 3.05) is 11.9 Å². The summed E-state index contributed by atoms with van der Waals surface area (Å²) >= 11 is 1.41. The highest BCUT2D eigenvalue weighted by Crippen LogP contribution is 2.24. The number of hydrogen-bond donors (Lipinski definition) is 0. The molecule has 1 atom stereocenters. The number of aromatic nitrogens is 3. The smallest absolute Gasteiger partial charge is 0.240 e. The summed E-state index contributed by atoms with van der Waals surface area (Å²) in [6.07, 6.45) is 1.90. The summed E-state index contributed by atoms with van der Waals surface area (Å²) < 4.78 is 1.89. The van der Waals surface area contributed by atoms with E-state index < -0.39 is 0 Å². The van der Waals surface area contributed by atoms with E-state index in [0.29, 0.717) is 0 Å². The minimum Gasteiger partial charge on any atom is -0.315 e. The summed E-state index contributed by atoms with van der Waals surface area (Å²) in [5.41, 5.74) is 1.66. The lowest BCUT2D eigenvalue weighted by Crippen LogP contribution is -2.33. The van der Waals surface area contributed by atoms with Gasteiger partial charge in [-0.25, -0.2) is 0 Å². The number of nitrogens with zero attached hydrogens (tertiary/aromatic N) is 4. The molecule has 0 bridgehead atoms. The summed E-state index contributed by atoms with van der Waals surface area (Å²) in [6.45, 7) is 1.89. The molecule has 6 heteroatoms. The Labute approximate surface area is 133 Å². The average Bonchev–Trinajstić information content (AvgIpc) is 2.97. The number of amides is 1. The molecule has 5 nitrogen and oxygen atoms in total. The highest BCUT2D eigenvalue weighted by atomic mass is 32.2. The Morgan fingerprint density at radius 3 is 2.64 bits per heavy atom. The Bertz CT molecular complexity index is 787. The van der Waals surface area contributed by atoms with Crippen LogP contribution in [0.4, 0.5) is 5.69 Å². The molecule has 0 fully saturated rings. The number of anilines is 1. The van der Waals surface area contributed by atoms with Crippen LogP contribution in [0.2, 0.25) is 0 Å². The van der Waals surface area contributed by atoms with Crippen LogP contribution in [-0.2, 0) is 4.79 Å². The Morgan fingerprint density at radius 2 is 1.86 bits per heavy atom. The van der Waals surface area contributed by atoms with Gasteiger partial charge in [0.15, 0.2) is 10.8 Å². The van der Waals surface area contributed by atoms with Crippen molar-refractivity contribution in [3.63, 3.8) is 0 Å². The maximum absolute atomic E-state index is 12.6. The molecule has 0 aliphatic heterocycles. The minimum absolute atomic E-state index is 0.0314. The van der Waals surface area contributed by atoms with Crippen LogP contribution < -0.4 is 4.90 Å². The van der Waals surface area contributed by atoms with Gasteiger partial charge in [0.1, 0.15) is 0 Å². The average molecular weight is 312 g/mol. The van der Waals surface area contributed by atoms with Crippen LogP contribution in [0, 0.1) is 0 Å². The number of fused-ring (bicyclic) bond motifs is 1. The molecule has 3 aromatic rings. The molecule has 22 heavy (non-hydrogen) atoms. The molecule has 0 radical (unpaired) electrons. The topological polar surface area (TPSA) is 50.5 Å². The SMILES string of the molecule is C[C@@H](Sc1nnc2ccccn12)C(=O)N(C)c1ccccc1. The van der Waals surface area contributed by atoms with Crippen LogP contribution in [0.15, 0.2) is 59.9 Å². The molecule has 1 amide bonds. The molecule has 0 aliphatic rings. The lowest BCUT2D eigenvalue weighted by molar-refractivity contribution is -0.117. The lowest BCUT2D eigenvalue weighted by atomic mass is 10.3. The normalized spacial score (nSPS) is 12.3. The predicted molar refractivity (Wildman–Crippen MR) is 88.2 cm³/mol. The van der Waals surface area contributed by atoms with E-state index >= 15 is 0 Å². The van der Waals surface area contributed by atoms with E-state index in [0.717, 1.165) is 16.5 Å². The van der Waals surface area contributed by atoms with Crippen molar-refractivity contribution in [2.45, 2.75) is 17.3 Å². The molecule has 1 aromatic carbocycles. The molecule has 0 spiro atoms. The van der Waals surface area contributed by atoms with Crippen molar-refractivity contribution >= 4 is 29.0 Å². The van der Waals surface area contributed by atoms with Crippen molar-refractivity contribution in [3.8, 4) is 0 Å². The van der Waals surface area contributed by atoms with Gasteiger partial charge in [0.25, 0.3) is 0 Å². The fraction of sp³-hybridized carbons (Fsp3) is 0.188. The van der Waals surface area contributed by atoms with Crippen molar-refractivity contribution in [1.82, 2.24) is 14.6 Å². The second kappa shape index (κ2) is 6.19. The summed E-state index contributed by atoms with van der Waals surface area (Å²) in [5.74, 6) is 0.0314. The van der Waals surface area contributed by atoms with E-state index in [1.54, 1.807) is 11.9 Å². The third kappa shape index (κ3) is 2.82. The maximum Gasteiger partial charge on any atom is 0.240 e. The maximum atomic E-state index is 12.6. The third-order valence-corrected chi connectivity index (χ3v) is 4.43. The highest BCUT2D eigenvalue weighted by Gasteiger charge is 2.21. The molecular weight excluding hydrogens is 296 g/mol. The van der Waals surface area contributed by atoms with E-state index in [2.05, 4.69) is 10.2 Å². The van der Waals surface area contributed by atoms with Gasteiger partial charge < -0.3 is 4.90 Å². The van der Waals surface area contributed by atoms with Crippen LogP contribution in [0.3, 0.4) is 0 Å². The Hall–Kier alpha value is -2.34. The first kappa shape index (κ1) is 14.6. The minimum atomic E-state index is -0.252. The molecule has 0 saturated heterocycles. The number of para-hydroxylation sites is 1. The van der Waals surface area contributed by atoms with Gasteiger partial charge in [-0.3, -0.25) is 9.20 Å². The fourth-order valence-electron chi connectivity index (χ4n) is 2.16. The molecule has 0 aliphatic carbocycles. The first-order valence-corrected chi connectivity index (χ1v) is 7.84. The van der Waals surface area contributed by atoms with E-state index in [1.165, 1.54) is 11.8 Å². The summed E-state index contributed by atoms with van der Waals surface area (Å²) in [6, 6.07) is 15.3. The van der Waals surface area contributed by atoms with E-state index in [1.807, 2.05) is 66.1 Å². The lowest BCUT2D eigenvalue weighted by Gasteiger charge is -2.20. The first-order valence-electron chi connectivity index (χ1n) is 6.96. The third-order valence-electron chi connectivity index (χ3n) is 3.39. The van der Waals surface area contributed by atoms with Gasteiger partial charge in [-0.05, 0) is 31.2 Å². The number of carbonyl (C=O) groups excluding carboxylic acids is 1. The van der Waals surface area contributed by atoms with Crippen LogP contribution in [0.1, 0.15) is 6.92 Å². The van der Waals surface area contributed by atoms with E-state index in [-0.39, 0.29) is 11.2 Å². The number of benzene rings is 1. The standard InChI is InChI=1S/C16H16N4OS/c1-12(15(21)19(2)13-8-4-3-5-9-13)22-16-18-17-14-10-6-7-11-20(14)16/h3-12H,1-2H3/t12-/m1/s1. The van der Waals surface area contributed by atoms with Gasteiger partial charge >= 0.3 is 0 Å². The predicted octanol–water partition coefficient (Wildman–Crippen LogP) is 2.87. The summed E-state index contributed by atoms with van der Waals surface area (Å²) in [5, 5.41) is 8.72. The molecular formula is C16H16N4OS. The Balaban J connectivity index is 1.76. The Morgan fingerprint density at radius 1 is 1.14 bits per heavy atom. The molecule has 0 N–H and O–H groups in total. The van der Waals surface area contributed by atoms with Gasteiger partial charge in [-0.15, -0.1) is 10.2 Å². The largest absolute Gasteiger partial charge is 0.315 e. The van der Waals surface area contributed by atoms with Gasteiger partial charge in [-0.2, -0.15) is 0 Å². The van der Waals surface area contributed by atoms with Crippen molar-refractivity contribution < 1.29 is 4.79 Å². The van der Waals surface area contributed by atoms with Crippen LogP contribution in [0.5, 0.6) is 0 Å². The fourth-order valence-corrected chi connectivity index (χ4v) is 3.09. The molecule has 3 rings (SSSR count). The molecule has 0 saturated carbocycles. The zero-order valence-electron chi connectivity index (χ0n) is 12.4. The quantitative estimate of drug-likeness (QED) is 0.695. The second-order valence-electron chi connectivity index (χ2n) is 4.90. The first-order chi connectivity index (χ1) is 10.7. The second-order valence-corrected chi connectivity index (χ2v) is 6.21. The van der Waals surface area contributed by atoms with Crippen molar-refractivity contribution in [2.24, 2.45) is 0 Å². The van der Waals surface area contributed by atoms with Gasteiger partial charge in [-0.1, -0.05) is 36.0 Å². The van der Waals surface area contributed by atoms with Crippen LogP contribution in [-0.4, -0.2) is 32.8 Å². The van der Waals surface area contributed by atoms with Gasteiger partial charge in [0.05, 0.1) is 5.25 Å². The molecule has 2 aromatic heterocycles. The summed E-state index contributed by atoms with van der Waals surface area (Å²) in [4.78, 5) is 14.2. The van der Waals surface area contributed by atoms with Crippen molar-refractivity contribution in [1.29, 1.82) is 0 Å². The zero-order chi connectivity index (χ0) is 15.5. The molecule has 2 heterocycles. The number of carbonyl (C=O) groups is 1. The summed E-state index contributed by atoms with van der Waals surface area (Å²) in [7, 11) is 1.79. The number of thioether (sulfide) groups is 1.